The zero-order valence-electron chi connectivity index (χ0n) is 61.6. The maximum Gasteiger partial charge on any atom is 0.472 e. The number of hydrogen-bond acceptors (Lipinski definition) is 15. The molecule has 7 atom stereocenters. The maximum atomic E-state index is 13.1. The van der Waals surface area contributed by atoms with E-state index in [9.17, 15) is 43.2 Å². The molecule has 0 rings (SSSR count). The second kappa shape index (κ2) is 66.1. The second-order valence-corrected chi connectivity index (χ2v) is 30.6. The summed E-state index contributed by atoms with van der Waals surface area (Å²) >= 11 is 0. The molecule has 0 spiro atoms. The first-order valence-electron chi connectivity index (χ1n) is 38.7. The molecule has 19 heteroatoms. The van der Waals surface area contributed by atoms with E-state index >= 15 is 0 Å². The van der Waals surface area contributed by atoms with Crippen molar-refractivity contribution in [2.75, 3.05) is 39.6 Å². The maximum absolute atomic E-state index is 13.1. The lowest BCUT2D eigenvalue weighted by Gasteiger charge is -2.21. The Morgan fingerprint density at radius 1 is 0.347 bits per heavy atom. The number of hydrogen-bond donors (Lipinski definition) is 3. The van der Waals surface area contributed by atoms with Gasteiger partial charge in [-0.3, -0.25) is 37.3 Å². The summed E-state index contributed by atoms with van der Waals surface area (Å²) in [7, 11) is -9.92. The zero-order valence-corrected chi connectivity index (χ0v) is 63.4. The van der Waals surface area contributed by atoms with E-state index in [1.807, 2.05) is 0 Å². The van der Waals surface area contributed by atoms with Crippen LogP contribution in [0.25, 0.3) is 0 Å². The highest BCUT2D eigenvalue weighted by molar-refractivity contribution is 7.47. The number of phosphoric ester groups is 2. The third-order valence-corrected chi connectivity index (χ3v) is 19.6. The Hall–Kier alpha value is -2.46. The molecular weight excluding hydrogens is 1250 g/mol. The normalized spacial score (nSPS) is 14.8. The lowest BCUT2D eigenvalue weighted by Crippen LogP contribution is -2.30. The Labute approximate surface area is 580 Å². The van der Waals surface area contributed by atoms with Crippen LogP contribution < -0.4 is 0 Å². The van der Waals surface area contributed by atoms with Gasteiger partial charge in [-0.15, -0.1) is 0 Å². The topological polar surface area (TPSA) is 237 Å². The van der Waals surface area contributed by atoms with Gasteiger partial charge in [0.05, 0.1) is 26.4 Å². The van der Waals surface area contributed by atoms with Crippen molar-refractivity contribution in [1.29, 1.82) is 0 Å². The molecule has 0 fully saturated rings. The van der Waals surface area contributed by atoms with Gasteiger partial charge in [-0.1, -0.05) is 310 Å². The highest BCUT2D eigenvalue weighted by atomic mass is 31.2. The minimum absolute atomic E-state index is 0.0838. The number of phosphoric acid groups is 2. The molecule has 0 amide bonds. The predicted molar refractivity (Wildman–Crippen MR) is 386 cm³/mol. The summed E-state index contributed by atoms with van der Waals surface area (Å²) in [4.78, 5) is 72.8. The Kier molecular flexibility index (Phi) is 64.4. The third-order valence-electron chi connectivity index (χ3n) is 17.7. The van der Waals surface area contributed by atoms with Crippen LogP contribution in [0.4, 0.5) is 0 Å². The van der Waals surface area contributed by atoms with Crippen LogP contribution >= 0.6 is 15.6 Å². The molecule has 17 nitrogen and oxygen atoms in total. The molecule has 0 saturated heterocycles. The molecule has 0 aliphatic rings. The number of rotatable bonds is 72. The standard InChI is InChI=1S/C76H144O17P2/c1-8-11-12-13-14-15-16-17-18-23-26-31-36-45-52-59-75(80)93-72(64-87-74(79)58-51-44-39-38-42-49-56-69(7)10-3)66-91-95(84,85)89-62-70(77)61-88-94(82,83)90-65-71(92-76(81)60-53-46-37-32-27-28-33-40-47-54-67(4)5)63-86-73(78)57-50-43-35-30-25-22-20-19-21-24-29-34-41-48-55-68(6)9-2/h15-18,67-72,77H,8-14,19-66H2,1-7H3,(H,82,83)(H,84,85)/b16-15-,18-17-/t68?,69?,70-,71-,72-/m1/s1. The number of ether oxygens (including phenoxy) is 4. The Morgan fingerprint density at radius 3 is 0.937 bits per heavy atom. The highest BCUT2D eigenvalue weighted by Crippen LogP contribution is 2.45. The fourth-order valence-electron chi connectivity index (χ4n) is 11.0. The van der Waals surface area contributed by atoms with Crippen molar-refractivity contribution in [3.63, 3.8) is 0 Å². The van der Waals surface area contributed by atoms with Gasteiger partial charge in [0.15, 0.2) is 12.2 Å². The van der Waals surface area contributed by atoms with E-state index in [0.29, 0.717) is 25.7 Å². The average Bonchev–Trinajstić information content (AvgIpc) is 1.30. The summed E-state index contributed by atoms with van der Waals surface area (Å²) in [5.41, 5.74) is 0. The monoisotopic (exact) mass is 1390 g/mol. The molecule has 0 aliphatic carbocycles. The summed E-state index contributed by atoms with van der Waals surface area (Å²) in [5.74, 6) is 0.160. The van der Waals surface area contributed by atoms with E-state index in [4.69, 9.17) is 37.0 Å². The lowest BCUT2D eigenvalue weighted by molar-refractivity contribution is -0.161. The second-order valence-electron chi connectivity index (χ2n) is 27.7. The van der Waals surface area contributed by atoms with Crippen molar-refractivity contribution in [3.8, 4) is 0 Å². The summed E-state index contributed by atoms with van der Waals surface area (Å²) < 4.78 is 68.4. The van der Waals surface area contributed by atoms with Gasteiger partial charge in [0.2, 0.25) is 0 Å². The van der Waals surface area contributed by atoms with Crippen LogP contribution in [0.2, 0.25) is 0 Å². The van der Waals surface area contributed by atoms with Gasteiger partial charge in [0.1, 0.15) is 19.3 Å². The molecule has 95 heavy (non-hydrogen) atoms. The van der Waals surface area contributed by atoms with E-state index in [1.165, 1.54) is 154 Å². The Morgan fingerprint density at radius 2 is 0.621 bits per heavy atom. The van der Waals surface area contributed by atoms with E-state index < -0.39 is 97.5 Å². The van der Waals surface area contributed by atoms with Crippen molar-refractivity contribution in [1.82, 2.24) is 0 Å². The lowest BCUT2D eigenvalue weighted by atomic mass is 9.99. The smallest absolute Gasteiger partial charge is 0.462 e. The molecule has 0 bridgehead atoms. The number of esters is 4. The van der Waals surface area contributed by atoms with Gasteiger partial charge < -0.3 is 33.8 Å². The van der Waals surface area contributed by atoms with Crippen molar-refractivity contribution >= 4 is 39.5 Å². The van der Waals surface area contributed by atoms with Crippen LogP contribution in [0.5, 0.6) is 0 Å². The minimum Gasteiger partial charge on any atom is -0.462 e. The third kappa shape index (κ3) is 67.2. The number of aliphatic hydroxyl groups excluding tert-OH is 1. The van der Waals surface area contributed by atoms with Crippen LogP contribution in [-0.4, -0.2) is 96.7 Å². The van der Waals surface area contributed by atoms with Gasteiger partial charge in [-0.05, 0) is 69.1 Å². The molecular formula is C76H144O17P2. The highest BCUT2D eigenvalue weighted by Gasteiger charge is 2.30. The van der Waals surface area contributed by atoms with Crippen LogP contribution in [0.15, 0.2) is 24.3 Å². The van der Waals surface area contributed by atoms with Gasteiger partial charge in [0, 0.05) is 25.7 Å². The number of aliphatic hydroxyl groups is 1. The minimum atomic E-state index is -4.96. The average molecular weight is 1390 g/mol. The number of carbonyl (C=O) groups is 4. The summed E-state index contributed by atoms with van der Waals surface area (Å²) in [6.45, 7) is 11.8. The van der Waals surface area contributed by atoms with Crippen molar-refractivity contribution in [2.45, 2.75) is 381 Å². The van der Waals surface area contributed by atoms with Crippen LogP contribution in [0.3, 0.4) is 0 Å². The molecule has 0 aromatic carbocycles. The summed E-state index contributed by atoms with van der Waals surface area (Å²) in [6.07, 6.45) is 54.9. The van der Waals surface area contributed by atoms with Crippen LogP contribution in [0.1, 0.15) is 363 Å². The van der Waals surface area contributed by atoms with Crippen molar-refractivity contribution < 1.29 is 80.2 Å². The van der Waals surface area contributed by atoms with Gasteiger partial charge in [-0.25, -0.2) is 9.13 Å². The quantitative estimate of drug-likeness (QED) is 0.0169. The van der Waals surface area contributed by atoms with E-state index in [0.717, 1.165) is 127 Å². The fraction of sp³-hybridized carbons (Fsp3) is 0.895. The summed E-state index contributed by atoms with van der Waals surface area (Å²) in [5, 5.41) is 10.6. The Balaban J connectivity index is 5.26. The van der Waals surface area contributed by atoms with Gasteiger partial charge in [0.25, 0.3) is 0 Å². The van der Waals surface area contributed by atoms with Crippen LogP contribution in [0, 0.1) is 17.8 Å². The first-order chi connectivity index (χ1) is 45.8. The van der Waals surface area contributed by atoms with Gasteiger partial charge in [-0.2, -0.15) is 0 Å². The zero-order chi connectivity index (χ0) is 70.1. The molecule has 0 heterocycles. The molecule has 0 aromatic rings. The first-order valence-corrected chi connectivity index (χ1v) is 41.7. The van der Waals surface area contributed by atoms with Crippen molar-refractivity contribution in [3.05, 3.63) is 24.3 Å². The first kappa shape index (κ1) is 92.5. The van der Waals surface area contributed by atoms with E-state index in [2.05, 4.69) is 72.8 Å². The molecule has 3 N–H and O–H groups in total. The fourth-order valence-corrected chi connectivity index (χ4v) is 12.6. The van der Waals surface area contributed by atoms with E-state index in [1.54, 1.807) is 0 Å². The van der Waals surface area contributed by atoms with E-state index in [-0.39, 0.29) is 25.7 Å². The SMILES string of the molecule is CCCCCC/C=C\C=C/CCCCCCCC(=O)O[C@H](COC(=O)CCCCCCCCC(C)CC)COP(=O)(O)OC[C@H](O)COP(=O)(O)OC[C@@H](COC(=O)CCCCCCCCCCCCCCCCC(C)CC)OC(=O)CCCCCCCCCCCC(C)C. The molecule has 0 saturated carbocycles. The molecule has 4 unspecified atom stereocenters. The predicted octanol–water partition coefficient (Wildman–Crippen LogP) is 21.7. The molecule has 0 radical (unpaired) electrons. The van der Waals surface area contributed by atoms with Crippen LogP contribution in [-0.2, 0) is 65.4 Å². The number of unbranched alkanes of at least 4 members (excludes halogenated alkanes) is 35. The summed E-state index contributed by atoms with van der Waals surface area (Å²) in [6, 6.07) is 0. The van der Waals surface area contributed by atoms with Gasteiger partial charge >= 0.3 is 39.5 Å². The Bertz CT molecular complexity index is 1950. The number of allylic oxidation sites excluding steroid dienone is 4. The molecule has 0 aromatic heterocycles. The number of carbonyl (C=O) groups excluding carboxylic acids is 4. The largest absolute Gasteiger partial charge is 0.472 e. The van der Waals surface area contributed by atoms with Crippen molar-refractivity contribution in [2.24, 2.45) is 17.8 Å². The molecule has 0 aliphatic heterocycles. The molecule has 560 valence electrons.